The maximum atomic E-state index is 13.3. The summed E-state index contributed by atoms with van der Waals surface area (Å²) in [7, 11) is 1.67. The molecule has 1 amide bonds. The highest BCUT2D eigenvalue weighted by atomic mass is 16.5. The highest BCUT2D eigenvalue weighted by Gasteiger charge is 2.55. The largest absolute Gasteiger partial charge is 0.497 e. The topological polar surface area (TPSA) is 42.4 Å². The minimum absolute atomic E-state index is 0.243. The molecule has 0 aliphatic heterocycles. The summed E-state index contributed by atoms with van der Waals surface area (Å²) in [5.74, 6) is 2.66. The maximum Gasteiger partial charge on any atom is 0.226 e. The Kier molecular flexibility index (Phi) is 4.91. The van der Waals surface area contributed by atoms with Crippen LogP contribution < -0.4 is 4.74 Å². The van der Waals surface area contributed by atoms with E-state index in [1.807, 2.05) is 47.5 Å². The third kappa shape index (κ3) is 3.59. The summed E-state index contributed by atoms with van der Waals surface area (Å²) in [6, 6.07) is 12.0. The zero-order valence-corrected chi connectivity index (χ0v) is 15.3. The molecule has 0 spiro atoms. The summed E-state index contributed by atoms with van der Waals surface area (Å²) >= 11 is 0. The number of amides is 1. The Morgan fingerprint density at radius 3 is 2.38 bits per heavy atom. The molecule has 4 rings (SSSR count). The summed E-state index contributed by atoms with van der Waals surface area (Å²) in [5.41, 5.74) is 2.21. The molecule has 0 radical (unpaired) electrons. The van der Waals surface area contributed by atoms with Crippen molar-refractivity contribution in [3.8, 4) is 5.75 Å². The molecule has 1 unspecified atom stereocenters. The first-order valence-electron chi connectivity index (χ1n) is 9.57. The van der Waals surface area contributed by atoms with E-state index in [-0.39, 0.29) is 5.92 Å². The quantitative estimate of drug-likeness (QED) is 0.789. The Labute approximate surface area is 155 Å². The third-order valence-corrected chi connectivity index (χ3v) is 5.88. The zero-order chi connectivity index (χ0) is 17.9. The second-order valence-electron chi connectivity index (χ2n) is 7.54. The van der Waals surface area contributed by atoms with E-state index in [1.54, 1.807) is 13.3 Å². The second kappa shape index (κ2) is 7.48. The molecule has 0 bridgehead atoms. The Morgan fingerprint density at radius 2 is 1.77 bits per heavy atom. The molecule has 4 nitrogen and oxygen atoms in total. The van der Waals surface area contributed by atoms with E-state index in [1.165, 1.54) is 25.7 Å². The molecule has 1 aromatic heterocycles. The van der Waals surface area contributed by atoms with E-state index < -0.39 is 0 Å². The molecular weight excluding hydrogens is 324 g/mol. The molecule has 2 aromatic rings. The number of ether oxygens (including phenoxy) is 1. The molecule has 2 aliphatic rings. The van der Waals surface area contributed by atoms with Gasteiger partial charge in [0.25, 0.3) is 0 Å². The van der Waals surface area contributed by atoms with Crippen LogP contribution in [0.5, 0.6) is 5.75 Å². The number of pyridine rings is 1. The molecule has 2 aliphatic carbocycles. The van der Waals surface area contributed by atoms with E-state index in [0.717, 1.165) is 16.9 Å². The van der Waals surface area contributed by atoms with Crippen LogP contribution in [0.15, 0.2) is 48.8 Å². The van der Waals surface area contributed by atoms with Crippen LogP contribution in [-0.2, 0) is 17.9 Å². The summed E-state index contributed by atoms with van der Waals surface area (Å²) in [4.78, 5) is 19.5. The lowest BCUT2D eigenvalue weighted by atomic mass is 10.0. The summed E-state index contributed by atoms with van der Waals surface area (Å²) < 4.78 is 5.24. The summed E-state index contributed by atoms with van der Waals surface area (Å²) in [6.07, 6.45) is 8.65. The van der Waals surface area contributed by atoms with Gasteiger partial charge < -0.3 is 9.64 Å². The number of methoxy groups -OCH3 is 1. The van der Waals surface area contributed by atoms with Crippen molar-refractivity contribution in [2.24, 2.45) is 17.8 Å². The molecule has 2 fully saturated rings. The fraction of sp³-hybridized carbons (Fsp3) is 0.455. The molecular formula is C22H26N2O2. The van der Waals surface area contributed by atoms with Crippen LogP contribution in [0.2, 0.25) is 0 Å². The smallest absolute Gasteiger partial charge is 0.226 e. The molecule has 0 N–H and O–H groups in total. The number of benzene rings is 1. The minimum atomic E-state index is 0.243. The third-order valence-electron chi connectivity index (χ3n) is 5.88. The van der Waals surface area contributed by atoms with Gasteiger partial charge in [0, 0.05) is 31.4 Å². The Morgan fingerprint density at radius 1 is 1.08 bits per heavy atom. The number of fused-ring (bicyclic) bond motifs is 1. The average Bonchev–Trinajstić information content (AvgIpc) is 3.43. The zero-order valence-electron chi connectivity index (χ0n) is 15.3. The van der Waals surface area contributed by atoms with Crippen molar-refractivity contribution in [2.45, 2.75) is 38.8 Å². The lowest BCUT2D eigenvalue weighted by Gasteiger charge is -2.23. The van der Waals surface area contributed by atoms with E-state index in [0.29, 0.717) is 30.8 Å². The monoisotopic (exact) mass is 350 g/mol. The molecule has 3 atom stereocenters. The van der Waals surface area contributed by atoms with Crippen molar-refractivity contribution < 1.29 is 9.53 Å². The van der Waals surface area contributed by atoms with Gasteiger partial charge in [-0.15, -0.1) is 0 Å². The van der Waals surface area contributed by atoms with Gasteiger partial charge in [-0.2, -0.15) is 0 Å². The van der Waals surface area contributed by atoms with Gasteiger partial charge in [0.15, 0.2) is 0 Å². The number of carbonyl (C=O) groups is 1. The van der Waals surface area contributed by atoms with Gasteiger partial charge in [-0.25, -0.2) is 0 Å². The number of carbonyl (C=O) groups excluding carboxylic acids is 1. The highest BCUT2D eigenvalue weighted by molar-refractivity contribution is 5.82. The Bertz CT molecular complexity index is 732. The van der Waals surface area contributed by atoms with Gasteiger partial charge in [0.1, 0.15) is 5.75 Å². The van der Waals surface area contributed by atoms with Crippen molar-refractivity contribution in [2.75, 3.05) is 7.11 Å². The molecule has 1 aromatic carbocycles. The number of rotatable bonds is 6. The van der Waals surface area contributed by atoms with Crippen molar-refractivity contribution in [3.63, 3.8) is 0 Å². The Balaban J connectivity index is 1.51. The van der Waals surface area contributed by atoms with E-state index in [2.05, 4.69) is 4.98 Å². The maximum absolute atomic E-state index is 13.3. The van der Waals surface area contributed by atoms with Gasteiger partial charge in [0.05, 0.1) is 7.11 Å². The molecule has 0 saturated heterocycles. The van der Waals surface area contributed by atoms with E-state index in [9.17, 15) is 4.79 Å². The van der Waals surface area contributed by atoms with E-state index >= 15 is 0 Å². The Hall–Kier alpha value is -2.36. The number of hydrogen-bond donors (Lipinski definition) is 0. The van der Waals surface area contributed by atoms with Gasteiger partial charge in [-0.05, 0) is 54.0 Å². The summed E-state index contributed by atoms with van der Waals surface area (Å²) in [5, 5.41) is 0. The predicted molar refractivity (Wildman–Crippen MR) is 100 cm³/mol. The van der Waals surface area contributed by atoms with Gasteiger partial charge >= 0.3 is 0 Å². The van der Waals surface area contributed by atoms with Crippen molar-refractivity contribution >= 4 is 5.91 Å². The van der Waals surface area contributed by atoms with Gasteiger partial charge in [0.2, 0.25) is 5.91 Å². The normalized spacial score (nSPS) is 23.8. The predicted octanol–water partition coefficient (Wildman–Crippen LogP) is 4.06. The van der Waals surface area contributed by atoms with Crippen LogP contribution in [0.4, 0.5) is 0 Å². The molecule has 2 saturated carbocycles. The number of hydrogen-bond acceptors (Lipinski definition) is 3. The first-order chi connectivity index (χ1) is 12.8. The fourth-order valence-electron chi connectivity index (χ4n) is 4.44. The standard InChI is InChI=1S/C22H26N2O2/c1-26-18-10-8-16(9-11-18)14-24(15-17-5-4-12-23-13-17)22(25)21-19-6-2-3-7-20(19)21/h4-5,8-13,19-21H,2-3,6-7,14-15H2,1H3/t19-,20+,21?. The van der Waals surface area contributed by atoms with Crippen molar-refractivity contribution in [1.29, 1.82) is 0 Å². The fourth-order valence-corrected chi connectivity index (χ4v) is 4.44. The van der Waals surface area contributed by atoms with E-state index in [4.69, 9.17) is 4.74 Å². The SMILES string of the molecule is COc1ccc(CN(Cc2cccnc2)C(=O)C2[C@H]3CCCC[C@@H]23)cc1. The second-order valence-corrected chi connectivity index (χ2v) is 7.54. The molecule has 136 valence electrons. The van der Waals surface area contributed by atoms with Crippen LogP contribution in [-0.4, -0.2) is 22.9 Å². The molecule has 4 heteroatoms. The molecule has 26 heavy (non-hydrogen) atoms. The lowest BCUT2D eigenvalue weighted by molar-refractivity contribution is -0.134. The van der Waals surface area contributed by atoms with Crippen LogP contribution in [0.3, 0.4) is 0 Å². The lowest BCUT2D eigenvalue weighted by Crippen LogP contribution is -2.32. The van der Waals surface area contributed by atoms with Crippen LogP contribution in [0.1, 0.15) is 36.8 Å². The van der Waals surface area contributed by atoms with Crippen LogP contribution >= 0.6 is 0 Å². The first kappa shape index (κ1) is 17.1. The van der Waals surface area contributed by atoms with Crippen molar-refractivity contribution in [1.82, 2.24) is 9.88 Å². The van der Waals surface area contributed by atoms with Gasteiger partial charge in [-0.3, -0.25) is 9.78 Å². The minimum Gasteiger partial charge on any atom is -0.497 e. The van der Waals surface area contributed by atoms with Gasteiger partial charge in [-0.1, -0.05) is 31.0 Å². The molecule has 1 heterocycles. The number of aromatic nitrogens is 1. The van der Waals surface area contributed by atoms with Crippen LogP contribution in [0.25, 0.3) is 0 Å². The average molecular weight is 350 g/mol. The van der Waals surface area contributed by atoms with Crippen molar-refractivity contribution in [3.05, 3.63) is 59.9 Å². The number of nitrogens with zero attached hydrogens (tertiary/aromatic N) is 2. The summed E-state index contributed by atoms with van der Waals surface area (Å²) in [6.45, 7) is 1.25. The first-order valence-corrected chi connectivity index (χ1v) is 9.57. The highest BCUT2D eigenvalue weighted by Crippen LogP contribution is 2.56. The van der Waals surface area contributed by atoms with Crippen LogP contribution in [0, 0.1) is 17.8 Å².